The SMILES string of the molecule is CCc1nc2c(s1)CC(C(=O)N(C)C)CN2C. The van der Waals surface area contributed by atoms with Crippen LogP contribution in [-0.2, 0) is 17.6 Å². The third-order valence-corrected chi connectivity index (χ3v) is 4.31. The molecule has 0 aromatic carbocycles. The summed E-state index contributed by atoms with van der Waals surface area (Å²) in [7, 11) is 5.66. The molecule has 0 bridgehead atoms. The Labute approximate surface area is 106 Å². The monoisotopic (exact) mass is 253 g/mol. The molecule has 0 fully saturated rings. The lowest BCUT2D eigenvalue weighted by atomic mass is 9.99. The Morgan fingerprint density at radius 2 is 2.29 bits per heavy atom. The summed E-state index contributed by atoms with van der Waals surface area (Å²) in [5, 5.41) is 1.17. The van der Waals surface area contributed by atoms with Gasteiger partial charge in [-0.15, -0.1) is 11.3 Å². The van der Waals surface area contributed by atoms with Crippen molar-refractivity contribution < 1.29 is 4.79 Å². The number of amides is 1. The average Bonchev–Trinajstić information content (AvgIpc) is 2.71. The predicted octanol–water partition coefficient (Wildman–Crippen LogP) is 1.40. The lowest BCUT2D eigenvalue weighted by Crippen LogP contribution is -2.41. The van der Waals surface area contributed by atoms with Crippen LogP contribution in [0.25, 0.3) is 0 Å². The molecule has 1 aliphatic rings. The molecular formula is C12H19N3OS. The van der Waals surface area contributed by atoms with Crippen molar-refractivity contribution in [2.75, 3.05) is 32.6 Å². The van der Waals surface area contributed by atoms with Gasteiger partial charge in [-0.2, -0.15) is 0 Å². The molecule has 1 aromatic heterocycles. The molecule has 1 atom stereocenters. The molecule has 0 aliphatic carbocycles. The average molecular weight is 253 g/mol. The maximum absolute atomic E-state index is 12.0. The molecule has 0 saturated heterocycles. The second kappa shape index (κ2) is 4.64. The number of nitrogens with zero attached hydrogens (tertiary/aromatic N) is 3. The van der Waals surface area contributed by atoms with Crippen LogP contribution in [0, 0.1) is 5.92 Å². The highest BCUT2D eigenvalue weighted by molar-refractivity contribution is 7.12. The molecule has 0 spiro atoms. The van der Waals surface area contributed by atoms with Crippen LogP contribution in [0.2, 0.25) is 0 Å². The standard InChI is InChI=1S/C12H19N3OS/c1-5-10-13-11-9(17-10)6-8(7-15(11)4)12(16)14(2)3/h8H,5-7H2,1-4H3. The fourth-order valence-electron chi connectivity index (χ4n) is 2.21. The number of carbonyl (C=O) groups is 1. The Morgan fingerprint density at radius 3 is 2.88 bits per heavy atom. The number of aryl methyl sites for hydroxylation is 1. The van der Waals surface area contributed by atoms with Crippen molar-refractivity contribution in [2.45, 2.75) is 19.8 Å². The molecule has 94 valence electrons. The minimum atomic E-state index is 0.0765. The third-order valence-electron chi connectivity index (χ3n) is 3.10. The van der Waals surface area contributed by atoms with Gasteiger partial charge in [0.15, 0.2) is 0 Å². The first-order chi connectivity index (χ1) is 8.02. The van der Waals surface area contributed by atoms with E-state index in [0.717, 1.165) is 25.2 Å². The quantitative estimate of drug-likeness (QED) is 0.799. The zero-order valence-electron chi connectivity index (χ0n) is 10.9. The molecule has 4 nitrogen and oxygen atoms in total. The molecule has 1 amide bonds. The van der Waals surface area contributed by atoms with E-state index < -0.39 is 0 Å². The molecule has 2 heterocycles. The number of hydrogen-bond donors (Lipinski definition) is 0. The van der Waals surface area contributed by atoms with Gasteiger partial charge in [0.25, 0.3) is 0 Å². The Kier molecular flexibility index (Phi) is 3.38. The summed E-state index contributed by atoms with van der Waals surface area (Å²) in [5.41, 5.74) is 0. The molecule has 0 N–H and O–H groups in total. The van der Waals surface area contributed by atoms with E-state index in [1.54, 1.807) is 16.2 Å². The van der Waals surface area contributed by atoms with Gasteiger partial charge < -0.3 is 9.80 Å². The summed E-state index contributed by atoms with van der Waals surface area (Å²) >= 11 is 1.75. The molecule has 0 saturated carbocycles. The summed E-state index contributed by atoms with van der Waals surface area (Å²) in [4.78, 5) is 21.7. The van der Waals surface area contributed by atoms with E-state index in [1.807, 2.05) is 21.1 Å². The van der Waals surface area contributed by atoms with E-state index in [2.05, 4.69) is 16.8 Å². The van der Waals surface area contributed by atoms with Crippen LogP contribution in [0.15, 0.2) is 0 Å². The van der Waals surface area contributed by atoms with Gasteiger partial charge in [0.05, 0.1) is 10.9 Å². The number of fused-ring (bicyclic) bond motifs is 1. The minimum absolute atomic E-state index is 0.0765. The number of rotatable bonds is 2. The first kappa shape index (κ1) is 12.4. The Morgan fingerprint density at radius 1 is 1.59 bits per heavy atom. The Bertz CT molecular complexity index is 427. The van der Waals surface area contributed by atoms with Crippen LogP contribution in [0.1, 0.15) is 16.8 Å². The zero-order chi connectivity index (χ0) is 12.6. The maximum Gasteiger partial charge on any atom is 0.227 e. The number of anilines is 1. The highest BCUT2D eigenvalue weighted by Gasteiger charge is 2.31. The van der Waals surface area contributed by atoms with Crippen LogP contribution >= 0.6 is 11.3 Å². The molecular weight excluding hydrogens is 234 g/mol. The van der Waals surface area contributed by atoms with Gasteiger partial charge in [-0.25, -0.2) is 4.98 Å². The minimum Gasteiger partial charge on any atom is -0.358 e. The van der Waals surface area contributed by atoms with Crippen LogP contribution in [0.5, 0.6) is 0 Å². The van der Waals surface area contributed by atoms with Crippen molar-refractivity contribution >= 4 is 23.1 Å². The van der Waals surface area contributed by atoms with E-state index in [1.165, 1.54) is 9.88 Å². The van der Waals surface area contributed by atoms with Gasteiger partial charge in [-0.3, -0.25) is 4.79 Å². The smallest absolute Gasteiger partial charge is 0.227 e. The number of hydrogen-bond acceptors (Lipinski definition) is 4. The van der Waals surface area contributed by atoms with Crippen molar-refractivity contribution in [3.63, 3.8) is 0 Å². The van der Waals surface area contributed by atoms with E-state index in [0.29, 0.717) is 0 Å². The molecule has 1 unspecified atom stereocenters. The molecule has 1 aromatic rings. The largest absolute Gasteiger partial charge is 0.358 e. The van der Waals surface area contributed by atoms with Crippen molar-refractivity contribution in [1.82, 2.24) is 9.88 Å². The van der Waals surface area contributed by atoms with Crippen LogP contribution < -0.4 is 4.90 Å². The van der Waals surface area contributed by atoms with Crippen LogP contribution in [-0.4, -0.2) is 43.5 Å². The van der Waals surface area contributed by atoms with Crippen molar-refractivity contribution in [3.05, 3.63) is 9.88 Å². The molecule has 1 aliphatic heterocycles. The summed E-state index contributed by atoms with van der Waals surface area (Å²) in [6.07, 6.45) is 1.81. The topological polar surface area (TPSA) is 36.4 Å². The van der Waals surface area contributed by atoms with E-state index in [4.69, 9.17) is 0 Å². The molecule has 17 heavy (non-hydrogen) atoms. The van der Waals surface area contributed by atoms with Crippen molar-refractivity contribution in [1.29, 1.82) is 0 Å². The highest BCUT2D eigenvalue weighted by Crippen LogP contribution is 2.33. The third kappa shape index (κ3) is 2.29. The van der Waals surface area contributed by atoms with Gasteiger partial charge >= 0.3 is 0 Å². The summed E-state index contributed by atoms with van der Waals surface area (Å²) in [6, 6.07) is 0. The summed E-state index contributed by atoms with van der Waals surface area (Å²) in [6.45, 7) is 2.89. The molecule has 5 heteroatoms. The second-order valence-corrected chi connectivity index (χ2v) is 5.89. The zero-order valence-corrected chi connectivity index (χ0v) is 11.7. The molecule has 0 radical (unpaired) electrons. The first-order valence-electron chi connectivity index (χ1n) is 5.93. The Balaban J connectivity index is 2.23. The van der Waals surface area contributed by atoms with Crippen molar-refractivity contribution in [3.8, 4) is 0 Å². The normalized spacial score (nSPS) is 19.1. The number of thiazole rings is 1. The van der Waals surface area contributed by atoms with Crippen LogP contribution in [0.4, 0.5) is 5.82 Å². The fourth-order valence-corrected chi connectivity index (χ4v) is 3.35. The lowest BCUT2D eigenvalue weighted by Gasteiger charge is -2.30. The predicted molar refractivity (Wildman–Crippen MR) is 70.7 cm³/mol. The van der Waals surface area contributed by atoms with Gasteiger partial charge in [-0.1, -0.05) is 6.92 Å². The fraction of sp³-hybridized carbons (Fsp3) is 0.667. The maximum atomic E-state index is 12.0. The summed E-state index contributed by atoms with van der Waals surface area (Å²) in [5.74, 6) is 1.37. The van der Waals surface area contributed by atoms with E-state index >= 15 is 0 Å². The van der Waals surface area contributed by atoms with E-state index in [9.17, 15) is 4.79 Å². The number of carbonyl (C=O) groups excluding carboxylic acids is 1. The first-order valence-corrected chi connectivity index (χ1v) is 6.75. The number of aromatic nitrogens is 1. The Hall–Kier alpha value is -1.10. The van der Waals surface area contributed by atoms with Gasteiger partial charge in [-0.05, 0) is 12.8 Å². The summed E-state index contributed by atoms with van der Waals surface area (Å²) < 4.78 is 0. The molecule has 2 rings (SSSR count). The van der Waals surface area contributed by atoms with Crippen molar-refractivity contribution in [2.24, 2.45) is 5.92 Å². The lowest BCUT2D eigenvalue weighted by molar-refractivity contribution is -0.132. The highest BCUT2D eigenvalue weighted by atomic mass is 32.1. The van der Waals surface area contributed by atoms with Gasteiger partial charge in [0.2, 0.25) is 5.91 Å². The second-order valence-electron chi connectivity index (χ2n) is 4.72. The van der Waals surface area contributed by atoms with Gasteiger partial charge in [0, 0.05) is 32.6 Å². The van der Waals surface area contributed by atoms with E-state index in [-0.39, 0.29) is 11.8 Å². The van der Waals surface area contributed by atoms with Crippen LogP contribution in [0.3, 0.4) is 0 Å². The van der Waals surface area contributed by atoms with Gasteiger partial charge in [0.1, 0.15) is 5.82 Å².